The Bertz CT molecular complexity index is 380. The zero-order chi connectivity index (χ0) is 13.2. The summed E-state index contributed by atoms with van der Waals surface area (Å²) in [5, 5.41) is 0. The number of nitrogens with zero attached hydrogens (tertiary/aromatic N) is 1. The molecule has 0 N–H and O–H groups in total. The number of fused-ring (bicyclic) bond motifs is 1. The van der Waals surface area contributed by atoms with Gasteiger partial charge in [-0.05, 0) is 39.0 Å². The summed E-state index contributed by atoms with van der Waals surface area (Å²) in [6, 6.07) is 0.222. The standard InChI is InChI=1S/C15H23NO3/c1-2-18-13-8-7-12-14(13)19-10-9-16(12)15(17)11-5-3-4-6-11/h5,12-14H,2-4,6-10H2,1H3/t12-,13-,14+/m1/s1. The summed E-state index contributed by atoms with van der Waals surface area (Å²) in [7, 11) is 0. The maximum absolute atomic E-state index is 12.6. The Kier molecular flexibility index (Phi) is 3.89. The predicted molar refractivity (Wildman–Crippen MR) is 71.8 cm³/mol. The maximum atomic E-state index is 12.6. The van der Waals surface area contributed by atoms with Crippen LogP contribution in [0.5, 0.6) is 0 Å². The molecule has 1 aliphatic heterocycles. The van der Waals surface area contributed by atoms with Gasteiger partial charge in [-0.1, -0.05) is 6.08 Å². The molecule has 0 unspecified atom stereocenters. The van der Waals surface area contributed by atoms with Crippen molar-refractivity contribution in [3.63, 3.8) is 0 Å². The molecule has 3 rings (SSSR count). The van der Waals surface area contributed by atoms with Crippen LogP contribution in [0.15, 0.2) is 11.6 Å². The Morgan fingerprint density at radius 1 is 1.53 bits per heavy atom. The molecule has 2 fully saturated rings. The highest BCUT2D eigenvalue weighted by Crippen LogP contribution is 2.33. The van der Waals surface area contributed by atoms with E-state index in [9.17, 15) is 4.79 Å². The first kappa shape index (κ1) is 13.1. The van der Waals surface area contributed by atoms with Crippen LogP contribution in [-0.2, 0) is 14.3 Å². The minimum Gasteiger partial charge on any atom is -0.376 e. The van der Waals surface area contributed by atoms with Crippen molar-refractivity contribution in [1.29, 1.82) is 0 Å². The van der Waals surface area contributed by atoms with Crippen LogP contribution in [0.1, 0.15) is 39.0 Å². The third-order valence-corrected chi connectivity index (χ3v) is 4.49. The minimum absolute atomic E-state index is 0.0830. The van der Waals surface area contributed by atoms with Crippen LogP contribution in [0.4, 0.5) is 0 Å². The Morgan fingerprint density at radius 3 is 3.16 bits per heavy atom. The van der Waals surface area contributed by atoms with Crippen molar-refractivity contribution in [2.75, 3.05) is 19.8 Å². The maximum Gasteiger partial charge on any atom is 0.249 e. The first-order chi connectivity index (χ1) is 9.31. The van der Waals surface area contributed by atoms with Crippen LogP contribution < -0.4 is 0 Å². The Morgan fingerprint density at radius 2 is 2.42 bits per heavy atom. The zero-order valence-electron chi connectivity index (χ0n) is 11.6. The van der Waals surface area contributed by atoms with Gasteiger partial charge in [0.05, 0.1) is 18.8 Å². The van der Waals surface area contributed by atoms with Crippen molar-refractivity contribution in [2.24, 2.45) is 0 Å². The number of hydrogen-bond acceptors (Lipinski definition) is 3. The number of amides is 1. The van der Waals surface area contributed by atoms with Crippen LogP contribution in [0.2, 0.25) is 0 Å². The van der Waals surface area contributed by atoms with E-state index in [0.29, 0.717) is 6.61 Å². The monoisotopic (exact) mass is 265 g/mol. The molecular weight excluding hydrogens is 242 g/mol. The average molecular weight is 265 g/mol. The summed E-state index contributed by atoms with van der Waals surface area (Å²) in [5.41, 5.74) is 1.01. The number of ether oxygens (including phenoxy) is 2. The summed E-state index contributed by atoms with van der Waals surface area (Å²) >= 11 is 0. The van der Waals surface area contributed by atoms with E-state index in [2.05, 4.69) is 6.08 Å². The lowest BCUT2D eigenvalue weighted by atomic mass is 10.1. The second-order valence-corrected chi connectivity index (χ2v) is 5.59. The van der Waals surface area contributed by atoms with E-state index in [4.69, 9.17) is 9.47 Å². The van der Waals surface area contributed by atoms with E-state index >= 15 is 0 Å². The molecule has 3 aliphatic rings. The number of hydrogen-bond donors (Lipinski definition) is 0. The van der Waals surface area contributed by atoms with Gasteiger partial charge in [0.25, 0.3) is 0 Å². The normalized spacial score (nSPS) is 34.3. The molecule has 0 spiro atoms. The molecule has 19 heavy (non-hydrogen) atoms. The van der Waals surface area contributed by atoms with Crippen LogP contribution in [0, 0.1) is 0 Å². The highest BCUT2D eigenvalue weighted by atomic mass is 16.5. The molecule has 3 atom stereocenters. The molecule has 1 amide bonds. The van der Waals surface area contributed by atoms with E-state index in [1.165, 1.54) is 0 Å². The number of allylic oxidation sites excluding steroid dienone is 1. The van der Waals surface area contributed by atoms with Gasteiger partial charge in [-0.25, -0.2) is 0 Å². The number of morpholine rings is 1. The van der Waals surface area contributed by atoms with Gasteiger partial charge in [0.15, 0.2) is 0 Å². The second kappa shape index (κ2) is 5.63. The Hall–Kier alpha value is -0.870. The molecule has 0 aromatic heterocycles. The molecule has 1 saturated carbocycles. The smallest absolute Gasteiger partial charge is 0.249 e. The highest BCUT2D eigenvalue weighted by Gasteiger charge is 2.45. The third kappa shape index (κ3) is 2.43. The van der Waals surface area contributed by atoms with E-state index in [-0.39, 0.29) is 24.2 Å². The van der Waals surface area contributed by atoms with Gasteiger partial charge in [0, 0.05) is 18.7 Å². The first-order valence-corrected chi connectivity index (χ1v) is 7.54. The molecule has 1 heterocycles. The van der Waals surface area contributed by atoms with E-state index in [0.717, 1.165) is 50.8 Å². The molecule has 106 valence electrons. The van der Waals surface area contributed by atoms with Gasteiger partial charge < -0.3 is 14.4 Å². The number of rotatable bonds is 3. The molecule has 0 aromatic carbocycles. The lowest BCUT2D eigenvalue weighted by Crippen LogP contribution is -2.54. The third-order valence-electron chi connectivity index (χ3n) is 4.49. The molecule has 0 bridgehead atoms. The van der Waals surface area contributed by atoms with E-state index < -0.39 is 0 Å². The second-order valence-electron chi connectivity index (χ2n) is 5.59. The minimum atomic E-state index is 0.0830. The summed E-state index contributed by atoms with van der Waals surface area (Å²) in [6.07, 6.45) is 7.51. The van der Waals surface area contributed by atoms with Gasteiger partial charge in [0.2, 0.25) is 5.91 Å². The Balaban J connectivity index is 1.71. The van der Waals surface area contributed by atoms with Gasteiger partial charge >= 0.3 is 0 Å². The molecule has 1 saturated heterocycles. The van der Waals surface area contributed by atoms with Crippen LogP contribution in [0.25, 0.3) is 0 Å². The van der Waals surface area contributed by atoms with Gasteiger partial charge in [-0.15, -0.1) is 0 Å². The molecule has 0 radical (unpaired) electrons. The van der Waals surface area contributed by atoms with Gasteiger partial charge in [-0.2, -0.15) is 0 Å². The number of carbonyl (C=O) groups excluding carboxylic acids is 1. The summed E-state index contributed by atoms with van der Waals surface area (Å²) in [4.78, 5) is 14.6. The molecule has 0 aromatic rings. The van der Waals surface area contributed by atoms with Crippen molar-refractivity contribution in [3.8, 4) is 0 Å². The lowest BCUT2D eigenvalue weighted by molar-refractivity contribution is -0.147. The molecule has 4 heteroatoms. The van der Waals surface area contributed by atoms with E-state index in [1.807, 2.05) is 11.8 Å². The lowest BCUT2D eigenvalue weighted by Gasteiger charge is -2.39. The SMILES string of the molecule is CCO[C@@H]1CC[C@@H]2[C@@H]1OCCN2C(=O)C1=CCCC1. The largest absolute Gasteiger partial charge is 0.376 e. The molecular formula is C15H23NO3. The summed E-state index contributed by atoms with van der Waals surface area (Å²) < 4.78 is 11.6. The van der Waals surface area contributed by atoms with Crippen molar-refractivity contribution in [3.05, 3.63) is 11.6 Å². The van der Waals surface area contributed by atoms with Crippen LogP contribution >= 0.6 is 0 Å². The van der Waals surface area contributed by atoms with Gasteiger partial charge in [-0.3, -0.25) is 4.79 Å². The van der Waals surface area contributed by atoms with Crippen molar-refractivity contribution < 1.29 is 14.3 Å². The number of carbonyl (C=O) groups is 1. The van der Waals surface area contributed by atoms with Crippen LogP contribution in [0.3, 0.4) is 0 Å². The van der Waals surface area contributed by atoms with Gasteiger partial charge in [0.1, 0.15) is 6.10 Å². The topological polar surface area (TPSA) is 38.8 Å². The zero-order valence-corrected chi connectivity index (χ0v) is 11.6. The fourth-order valence-corrected chi connectivity index (χ4v) is 3.61. The Labute approximate surface area is 114 Å². The van der Waals surface area contributed by atoms with Crippen LogP contribution in [-0.4, -0.2) is 48.8 Å². The first-order valence-electron chi connectivity index (χ1n) is 7.54. The van der Waals surface area contributed by atoms with Crippen molar-refractivity contribution >= 4 is 5.91 Å². The van der Waals surface area contributed by atoms with Crippen molar-refractivity contribution in [2.45, 2.75) is 57.3 Å². The quantitative estimate of drug-likeness (QED) is 0.782. The summed E-state index contributed by atoms with van der Waals surface area (Å²) in [5.74, 6) is 0.243. The van der Waals surface area contributed by atoms with Crippen molar-refractivity contribution in [1.82, 2.24) is 4.90 Å². The highest BCUT2D eigenvalue weighted by molar-refractivity contribution is 5.94. The fraction of sp³-hybridized carbons (Fsp3) is 0.800. The predicted octanol–water partition coefficient (Wildman–Crippen LogP) is 1.89. The average Bonchev–Trinajstić information content (AvgIpc) is 3.08. The summed E-state index contributed by atoms with van der Waals surface area (Å²) in [6.45, 7) is 4.11. The van der Waals surface area contributed by atoms with E-state index in [1.54, 1.807) is 0 Å². The fourth-order valence-electron chi connectivity index (χ4n) is 3.61. The molecule has 2 aliphatic carbocycles. The molecule has 4 nitrogen and oxygen atoms in total.